The number of benzene rings is 1. The quantitative estimate of drug-likeness (QED) is 0.821. The summed E-state index contributed by atoms with van der Waals surface area (Å²) in [6, 6.07) is 6.50. The van der Waals surface area contributed by atoms with Crippen LogP contribution in [-0.2, 0) is 13.6 Å². The van der Waals surface area contributed by atoms with E-state index in [2.05, 4.69) is 47.8 Å². The summed E-state index contributed by atoms with van der Waals surface area (Å²) in [6.07, 6.45) is 2.99. The Morgan fingerprint density at radius 3 is 3.00 bits per heavy atom. The summed E-state index contributed by atoms with van der Waals surface area (Å²) in [7, 11) is 4.17. The van der Waals surface area contributed by atoms with Crippen LogP contribution in [0.1, 0.15) is 12.0 Å². The fourth-order valence-electron chi connectivity index (χ4n) is 2.01. The first kappa shape index (κ1) is 12.5. The molecular formula is C13H19N3S. The zero-order valence-corrected chi connectivity index (χ0v) is 11.3. The maximum Gasteiger partial charge on any atom is 0.0955 e. The number of nitrogens with zero attached hydrogens (tertiary/aromatic N) is 3. The zero-order chi connectivity index (χ0) is 12.3. The number of rotatable bonds is 5. The molecule has 17 heavy (non-hydrogen) atoms. The summed E-state index contributed by atoms with van der Waals surface area (Å²) in [6.45, 7) is 2.06. The summed E-state index contributed by atoms with van der Waals surface area (Å²) in [4.78, 5) is 6.70. The van der Waals surface area contributed by atoms with Crippen molar-refractivity contribution in [2.75, 3.05) is 19.3 Å². The summed E-state index contributed by atoms with van der Waals surface area (Å²) in [5, 5.41) is 0. The van der Waals surface area contributed by atoms with Crippen molar-refractivity contribution >= 4 is 23.7 Å². The highest BCUT2D eigenvalue weighted by Gasteiger charge is 2.03. The molecule has 0 unspecified atom stereocenters. The van der Waals surface area contributed by atoms with E-state index >= 15 is 0 Å². The van der Waals surface area contributed by atoms with E-state index in [0.717, 1.165) is 30.8 Å². The van der Waals surface area contributed by atoms with E-state index in [9.17, 15) is 0 Å². The third-order valence-corrected chi connectivity index (χ3v) is 3.26. The number of aromatic nitrogens is 2. The lowest BCUT2D eigenvalue weighted by Gasteiger charge is -2.15. The van der Waals surface area contributed by atoms with Crippen molar-refractivity contribution in [1.82, 2.24) is 14.5 Å². The minimum absolute atomic E-state index is 0.948. The average Bonchev–Trinajstić information content (AvgIpc) is 2.68. The number of aryl methyl sites for hydroxylation is 1. The summed E-state index contributed by atoms with van der Waals surface area (Å²) in [5.74, 6) is 0.948. The lowest BCUT2D eigenvalue weighted by molar-refractivity contribution is 0.329. The predicted molar refractivity (Wildman–Crippen MR) is 75.5 cm³/mol. The highest BCUT2D eigenvalue weighted by Crippen LogP contribution is 2.15. The Hall–Kier alpha value is -1.00. The van der Waals surface area contributed by atoms with Gasteiger partial charge in [0.2, 0.25) is 0 Å². The van der Waals surface area contributed by atoms with Crippen LogP contribution in [0.25, 0.3) is 11.0 Å². The zero-order valence-electron chi connectivity index (χ0n) is 10.4. The van der Waals surface area contributed by atoms with Crippen molar-refractivity contribution in [3.63, 3.8) is 0 Å². The van der Waals surface area contributed by atoms with Gasteiger partial charge in [0, 0.05) is 13.6 Å². The first-order chi connectivity index (χ1) is 8.20. The third-order valence-electron chi connectivity index (χ3n) is 2.94. The van der Waals surface area contributed by atoms with Gasteiger partial charge in [0.1, 0.15) is 0 Å². The van der Waals surface area contributed by atoms with E-state index in [4.69, 9.17) is 0 Å². The van der Waals surface area contributed by atoms with Gasteiger partial charge in [-0.25, -0.2) is 4.98 Å². The standard InChI is InChI=1S/C13H19N3S/c1-15(6-3-7-17)9-11-4-5-13-12(8-11)14-10-16(13)2/h4-5,8,10,17H,3,6-7,9H2,1-2H3. The van der Waals surface area contributed by atoms with Crippen molar-refractivity contribution in [1.29, 1.82) is 0 Å². The van der Waals surface area contributed by atoms with E-state index < -0.39 is 0 Å². The highest BCUT2D eigenvalue weighted by molar-refractivity contribution is 7.80. The van der Waals surface area contributed by atoms with Gasteiger partial charge >= 0.3 is 0 Å². The topological polar surface area (TPSA) is 21.1 Å². The summed E-state index contributed by atoms with van der Waals surface area (Å²) < 4.78 is 2.05. The van der Waals surface area contributed by atoms with Crippen molar-refractivity contribution < 1.29 is 0 Å². The molecule has 0 aliphatic carbocycles. The van der Waals surface area contributed by atoms with Crippen molar-refractivity contribution in [3.05, 3.63) is 30.1 Å². The molecule has 0 aliphatic heterocycles. The lowest BCUT2D eigenvalue weighted by Crippen LogP contribution is -2.19. The van der Waals surface area contributed by atoms with E-state index in [0.29, 0.717) is 0 Å². The Bertz CT molecular complexity index is 492. The Kier molecular flexibility index (Phi) is 4.07. The summed E-state index contributed by atoms with van der Waals surface area (Å²) in [5.41, 5.74) is 3.58. The molecule has 0 saturated heterocycles. The second-order valence-electron chi connectivity index (χ2n) is 4.49. The van der Waals surface area contributed by atoms with Gasteiger partial charge in [-0.2, -0.15) is 12.6 Å². The minimum atomic E-state index is 0.948. The van der Waals surface area contributed by atoms with Gasteiger partial charge in [0.05, 0.1) is 17.4 Å². The Morgan fingerprint density at radius 2 is 2.24 bits per heavy atom. The number of hydrogen-bond donors (Lipinski definition) is 1. The molecule has 0 radical (unpaired) electrons. The number of imidazole rings is 1. The average molecular weight is 249 g/mol. The minimum Gasteiger partial charge on any atom is -0.334 e. The fourth-order valence-corrected chi connectivity index (χ4v) is 2.15. The molecular weight excluding hydrogens is 230 g/mol. The Morgan fingerprint density at radius 1 is 1.41 bits per heavy atom. The van der Waals surface area contributed by atoms with Gasteiger partial charge in [0.15, 0.2) is 0 Å². The SMILES string of the molecule is CN(CCCS)Cc1ccc2c(c1)ncn2C. The molecule has 0 N–H and O–H groups in total. The first-order valence-electron chi connectivity index (χ1n) is 5.90. The second kappa shape index (κ2) is 5.56. The molecule has 0 bridgehead atoms. The molecule has 1 aromatic heterocycles. The molecule has 2 rings (SSSR count). The van der Waals surface area contributed by atoms with Gasteiger partial charge in [0.25, 0.3) is 0 Å². The molecule has 3 nitrogen and oxygen atoms in total. The molecule has 0 spiro atoms. The molecule has 0 fully saturated rings. The van der Waals surface area contributed by atoms with Gasteiger partial charge in [-0.3, -0.25) is 0 Å². The van der Waals surface area contributed by atoms with Crippen LogP contribution in [0, 0.1) is 0 Å². The van der Waals surface area contributed by atoms with Crippen molar-refractivity contribution in [2.24, 2.45) is 7.05 Å². The number of hydrogen-bond acceptors (Lipinski definition) is 3. The van der Waals surface area contributed by atoms with Crippen LogP contribution in [0.2, 0.25) is 0 Å². The molecule has 0 aliphatic rings. The number of fused-ring (bicyclic) bond motifs is 1. The maximum atomic E-state index is 4.38. The van der Waals surface area contributed by atoms with Crippen LogP contribution in [-0.4, -0.2) is 33.8 Å². The molecule has 92 valence electrons. The van der Waals surface area contributed by atoms with Gasteiger partial charge < -0.3 is 9.47 Å². The molecule has 0 atom stereocenters. The van der Waals surface area contributed by atoms with Crippen LogP contribution in [0.5, 0.6) is 0 Å². The molecule has 0 amide bonds. The molecule has 1 aromatic carbocycles. The van der Waals surface area contributed by atoms with E-state index in [1.165, 1.54) is 11.1 Å². The molecule has 4 heteroatoms. The van der Waals surface area contributed by atoms with E-state index in [1.807, 2.05) is 17.9 Å². The van der Waals surface area contributed by atoms with Gasteiger partial charge in [-0.05, 0) is 43.5 Å². The Labute approximate surface area is 108 Å². The van der Waals surface area contributed by atoms with Crippen molar-refractivity contribution in [3.8, 4) is 0 Å². The fraction of sp³-hybridized carbons (Fsp3) is 0.462. The van der Waals surface area contributed by atoms with Crippen LogP contribution in [0.4, 0.5) is 0 Å². The number of thiol groups is 1. The van der Waals surface area contributed by atoms with E-state index in [1.54, 1.807) is 0 Å². The monoisotopic (exact) mass is 249 g/mol. The molecule has 0 saturated carbocycles. The van der Waals surface area contributed by atoms with Gasteiger partial charge in [-0.1, -0.05) is 6.07 Å². The Balaban J connectivity index is 2.08. The smallest absolute Gasteiger partial charge is 0.0955 e. The van der Waals surface area contributed by atoms with Crippen LogP contribution < -0.4 is 0 Å². The maximum absolute atomic E-state index is 4.38. The summed E-state index contributed by atoms with van der Waals surface area (Å²) >= 11 is 4.23. The highest BCUT2D eigenvalue weighted by atomic mass is 32.1. The molecule has 1 heterocycles. The lowest BCUT2D eigenvalue weighted by atomic mass is 10.2. The van der Waals surface area contributed by atoms with Crippen LogP contribution in [0.3, 0.4) is 0 Å². The predicted octanol–water partition coefficient (Wildman–Crippen LogP) is 2.33. The first-order valence-corrected chi connectivity index (χ1v) is 6.53. The normalized spacial score (nSPS) is 11.5. The van der Waals surface area contributed by atoms with E-state index in [-0.39, 0.29) is 0 Å². The molecule has 2 aromatic rings. The second-order valence-corrected chi connectivity index (χ2v) is 4.94. The van der Waals surface area contributed by atoms with Gasteiger partial charge in [-0.15, -0.1) is 0 Å². The third kappa shape index (κ3) is 3.01. The van der Waals surface area contributed by atoms with Crippen LogP contribution >= 0.6 is 12.6 Å². The van der Waals surface area contributed by atoms with Crippen molar-refractivity contribution in [2.45, 2.75) is 13.0 Å². The largest absolute Gasteiger partial charge is 0.334 e. The van der Waals surface area contributed by atoms with Crippen LogP contribution in [0.15, 0.2) is 24.5 Å².